The lowest BCUT2D eigenvalue weighted by molar-refractivity contribution is -0.119. The number of nitrogens with one attached hydrogen (secondary N) is 1. The van der Waals surface area contributed by atoms with Crippen molar-refractivity contribution >= 4 is 45.2 Å². The van der Waals surface area contributed by atoms with Crippen LogP contribution in [-0.4, -0.2) is 40.1 Å². The van der Waals surface area contributed by atoms with E-state index in [2.05, 4.69) is 26.2 Å². The van der Waals surface area contributed by atoms with Crippen molar-refractivity contribution in [2.24, 2.45) is 5.92 Å². The van der Waals surface area contributed by atoms with Crippen molar-refractivity contribution in [2.75, 3.05) is 18.4 Å². The van der Waals surface area contributed by atoms with Gasteiger partial charge >= 0.3 is 6.09 Å². The molecule has 0 radical (unpaired) electrons. The Bertz CT molecular complexity index is 544. The Balaban J connectivity index is 2.08. The number of aryl methyl sites for hydroxylation is 1. The van der Waals surface area contributed by atoms with Gasteiger partial charge in [0.1, 0.15) is 5.15 Å². The third kappa shape index (κ3) is 3.21. The van der Waals surface area contributed by atoms with Crippen LogP contribution in [0.3, 0.4) is 0 Å². The van der Waals surface area contributed by atoms with E-state index in [0.717, 1.165) is 0 Å². The van der Waals surface area contributed by atoms with Gasteiger partial charge in [-0.05, 0) is 35.3 Å². The van der Waals surface area contributed by atoms with Crippen LogP contribution in [0.4, 0.5) is 10.5 Å². The predicted molar refractivity (Wildman–Crippen MR) is 78.0 cm³/mol. The molecule has 8 heteroatoms. The summed E-state index contributed by atoms with van der Waals surface area (Å²) in [5.74, 6) is -0.547. The molecule has 1 aromatic rings. The van der Waals surface area contributed by atoms with E-state index in [1.54, 1.807) is 13.0 Å². The molecule has 0 aliphatic carbocycles. The molecule has 0 bridgehead atoms. The maximum atomic E-state index is 12.2. The van der Waals surface area contributed by atoms with Crippen molar-refractivity contribution < 1.29 is 14.7 Å². The Morgan fingerprint density at radius 3 is 2.85 bits per heavy atom. The molecule has 2 heterocycles. The highest BCUT2D eigenvalue weighted by Crippen LogP contribution is 2.29. The number of carbonyl (C=O) groups is 2. The summed E-state index contributed by atoms with van der Waals surface area (Å²) in [7, 11) is 0. The van der Waals surface area contributed by atoms with Crippen molar-refractivity contribution in [2.45, 2.75) is 13.3 Å². The number of nitrogens with zero attached hydrogens (tertiary/aromatic N) is 2. The molecule has 1 fully saturated rings. The summed E-state index contributed by atoms with van der Waals surface area (Å²) in [6.45, 7) is 2.34. The zero-order chi connectivity index (χ0) is 14.9. The number of aromatic nitrogens is 1. The second kappa shape index (κ2) is 5.97. The lowest BCUT2D eigenvalue weighted by Crippen LogP contribution is -2.30. The summed E-state index contributed by atoms with van der Waals surface area (Å²) in [4.78, 5) is 28.3. The van der Waals surface area contributed by atoms with Gasteiger partial charge in [0, 0.05) is 17.6 Å². The largest absolute Gasteiger partial charge is 0.465 e. The van der Waals surface area contributed by atoms with Gasteiger partial charge in [0.05, 0.1) is 17.3 Å². The Hall–Kier alpha value is -1.34. The molecule has 1 aliphatic rings. The second-order valence-corrected chi connectivity index (χ2v) is 5.83. The number of hydrogen-bond donors (Lipinski definition) is 2. The van der Waals surface area contributed by atoms with E-state index in [9.17, 15) is 9.59 Å². The predicted octanol–water partition coefficient (Wildman–Crippen LogP) is 2.74. The first-order chi connectivity index (χ1) is 9.38. The smallest absolute Gasteiger partial charge is 0.407 e. The van der Waals surface area contributed by atoms with E-state index in [4.69, 9.17) is 16.7 Å². The van der Waals surface area contributed by atoms with Gasteiger partial charge in [-0.15, -0.1) is 0 Å². The molecular formula is C12H13BrClN3O3. The quantitative estimate of drug-likeness (QED) is 0.793. The average Bonchev–Trinajstić information content (AvgIpc) is 2.83. The highest BCUT2D eigenvalue weighted by molar-refractivity contribution is 9.10. The molecule has 0 saturated carbocycles. The molecule has 6 nitrogen and oxygen atoms in total. The Morgan fingerprint density at radius 2 is 2.30 bits per heavy atom. The number of halogens is 2. The van der Waals surface area contributed by atoms with Crippen LogP contribution in [0.15, 0.2) is 10.5 Å². The van der Waals surface area contributed by atoms with Gasteiger partial charge in [-0.25, -0.2) is 9.78 Å². The number of pyridine rings is 1. The molecule has 1 aliphatic heterocycles. The van der Waals surface area contributed by atoms with Gasteiger partial charge in [0.2, 0.25) is 5.91 Å². The molecule has 2 N–H and O–H groups in total. The molecule has 0 aromatic carbocycles. The van der Waals surface area contributed by atoms with E-state index in [1.165, 1.54) is 4.90 Å². The van der Waals surface area contributed by atoms with Gasteiger partial charge in [-0.2, -0.15) is 0 Å². The molecule has 108 valence electrons. The minimum absolute atomic E-state index is 0.207. The summed E-state index contributed by atoms with van der Waals surface area (Å²) in [6.07, 6.45) is -0.471. The third-order valence-electron chi connectivity index (χ3n) is 3.20. The van der Waals surface area contributed by atoms with Crippen LogP contribution in [0.1, 0.15) is 12.1 Å². The van der Waals surface area contributed by atoms with E-state index >= 15 is 0 Å². The molecule has 1 aromatic heterocycles. The van der Waals surface area contributed by atoms with Crippen LogP contribution in [0.5, 0.6) is 0 Å². The molecular weight excluding hydrogens is 350 g/mol. The molecule has 0 spiro atoms. The number of rotatable bonds is 2. The van der Waals surface area contributed by atoms with Gasteiger partial charge in [-0.3, -0.25) is 4.79 Å². The summed E-state index contributed by atoms with van der Waals surface area (Å²) in [6, 6.07) is 1.60. The maximum absolute atomic E-state index is 12.2. The number of anilines is 1. The van der Waals surface area contributed by atoms with E-state index in [-0.39, 0.29) is 18.4 Å². The monoisotopic (exact) mass is 361 g/mol. The highest BCUT2D eigenvalue weighted by atomic mass is 79.9. The topological polar surface area (TPSA) is 82.5 Å². The molecule has 2 amide bonds. The van der Waals surface area contributed by atoms with Crippen molar-refractivity contribution in [3.8, 4) is 0 Å². The summed E-state index contributed by atoms with van der Waals surface area (Å²) in [5, 5.41) is 12.0. The second-order valence-electron chi connectivity index (χ2n) is 4.59. The van der Waals surface area contributed by atoms with E-state index in [1.807, 2.05) is 0 Å². The number of carboxylic acid groups (broad SMARTS) is 1. The highest BCUT2D eigenvalue weighted by Gasteiger charge is 2.31. The Labute approximate surface area is 129 Å². The Morgan fingerprint density at radius 1 is 1.60 bits per heavy atom. The van der Waals surface area contributed by atoms with Crippen LogP contribution in [0.25, 0.3) is 0 Å². The molecule has 2 rings (SSSR count). The minimum Gasteiger partial charge on any atom is -0.465 e. The number of carbonyl (C=O) groups excluding carboxylic acids is 1. The zero-order valence-electron chi connectivity index (χ0n) is 10.7. The van der Waals surface area contributed by atoms with Gasteiger partial charge < -0.3 is 15.3 Å². The minimum atomic E-state index is -0.995. The molecule has 0 unspecified atom stereocenters. The summed E-state index contributed by atoms with van der Waals surface area (Å²) >= 11 is 9.14. The standard InChI is InChI=1S/C12H13BrClN3O3/c1-6-10(8(13)4-9(14)15-6)16-11(18)7-2-3-17(5-7)12(19)20/h4,7H,2-3,5H2,1H3,(H,16,18)(H,19,20)/t7-/m0/s1. The normalized spacial score (nSPS) is 18.1. The van der Waals surface area contributed by atoms with Crippen LogP contribution in [0, 0.1) is 12.8 Å². The zero-order valence-corrected chi connectivity index (χ0v) is 13.0. The van der Waals surface area contributed by atoms with E-state index in [0.29, 0.717) is 34.0 Å². The fourth-order valence-electron chi connectivity index (χ4n) is 2.12. The lowest BCUT2D eigenvalue weighted by atomic mass is 10.1. The van der Waals surface area contributed by atoms with Crippen molar-refractivity contribution in [3.05, 3.63) is 21.4 Å². The van der Waals surface area contributed by atoms with Crippen LogP contribution < -0.4 is 5.32 Å². The van der Waals surface area contributed by atoms with Crippen LogP contribution in [-0.2, 0) is 4.79 Å². The molecule has 1 saturated heterocycles. The number of likely N-dealkylation sites (tertiary alicyclic amines) is 1. The fraction of sp³-hybridized carbons (Fsp3) is 0.417. The maximum Gasteiger partial charge on any atom is 0.407 e. The SMILES string of the molecule is Cc1nc(Cl)cc(Br)c1NC(=O)[C@H]1CCN(C(=O)O)C1. The Kier molecular flexibility index (Phi) is 4.49. The first kappa shape index (κ1) is 15.1. The summed E-state index contributed by atoms with van der Waals surface area (Å²) < 4.78 is 0.649. The van der Waals surface area contributed by atoms with Crippen LogP contribution in [0.2, 0.25) is 5.15 Å². The average molecular weight is 363 g/mol. The summed E-state index contributed by atoms with van der Waals surface area (Å²) in [5.41, 5.74) is 1.17. The van der Waals surface area contributed by atoms with Crippen molar-refractivity contribution in [3.63, 3.8) is 0 Å². The van der Waals surface area contributed by atoms with Crippen molar-refractivity contribution in [1.82, 2.24) is 9.88 Å². The third-order valence-corrected chi connectivity index (χ3v) is 4.02. The van der Waals surface area contributed by atoms with Crippen LogP contribution >= 0.6 is 27.5 Å². The van der Waals surface area contributed by atoms with Crippen molar-refractivity contribution in [1.29, 1.82) is 0 Å². The van der Waals surface area contributed by atoms with Gasteiger partial charge in [0.25, 0.3) is 0 Å². The first-order valence-electron chi connectivity index (χ1n) is 6.00. The lowest BCUT2D eigenvalue weighted by Gasteiger charge is -2.14. The fourth-order valence-corrected chi connectivity index (χ4v) is 3.09. The first-order valence-corrected chi connectivity index (χ1v) is 7.17. The molecule has 1 atom stereocenters. The number of hydrogen-bond acceptors (Lipinski definition) is 3. The van der Waals surface area contributed by atoms with E-state index < -0.39 is 6.09 Å². The molecule has 20 heavy (non-hydrogen) atoms. The number of amides is 2. The van der Waals surface area contributed by atoms with Gasteiger partial charge in [-0.1, -0.05) is 11.6 Å². The van der Waals surface area contributed by atoms with Gasteiger partial charge in [0.15, 0.2) is 0 Å².